The van der Waals surface area contributed by atoms with Crippen LogP contribution in [0.1, 0.15) is 11.1 Å². The highest BCUT2D eigenvalue weighted by Crippen LogP contribution is 2.38. The number of thioether (sulfide) groups is 1. The molecule has 1 aliphatic rings. The number of aliphatic imine (C=N–C) groups is 1. The predicted molar refractivity (Wildman–Crippen MR) is 108 cm³/mol. The quantitative estimate of drug-likeness (QED) is 0.658. The maximum atomic E-state index is 11.9. The third-order valence-electron chi connectivity index (χ3n) is 3.93. The molecule has 0 saturated heterocycles. The number of benzene rings is 2. The van der Waals surface area contributed by atoms with Crippen molar-refractivity contribution in [3.63, 3.8) is 0 Å². The Morgan fingerprint density at radius 2 is 2.11 bits per heavy atom. The van der Waals surface area contributed by atoms with Crippen LogP contribution in [-0.4, -0.2) is 32.0 Å². The molecule has 0 N–H and O–H groups in total. The van der Waals surface area contributed by atoms with Crippen LogP contribution >= 0.6 is 23.4 Å². The van der Waals surface area contributed by atoms with Gasteiger partial charge in [0.2, 0.25) is 0 Å². The standard InChI is InChI=1S/C19H19ClN2O4S/c1-12-8-14(20)9-15-18(12)26-10-17(21-15)27-11-13-6-4-5-7-16(13)22(25-3)19(23)24-2/h4-9H,10-11H2,1-3H3. The number of para-hydroxylation sites is 1. The van der Waals surface area contributed by atoms with E-state index in [0.29, 0.717) is 23.1 Å². The van der Waals surface area contributed by atoms with Crippen molar-refractivity contribution >= 4 is 45.9 Å². The number of amides is 1. The third kappa shape index (κ3) is 4.37. The first-order valence-electron chi connectivity index (χ1n) is 8.17. The molecule has 0 bridgehead atoms. The van der Waals surface area contributed by atoms with Crippen molar-refractivity contribution in [1.82, 2.24) is 0 Å². The molecule has 8 heteroatoms. The molecule has 27 heavy (non-hydrogen) atoms. The molecule has 3 rings (SSSR count). The fourth-order valence-electron chi connectivity index (χ4n) is 2.70. The number of hydrogen-bond donors (Lipinski definition) is 0. The van der Waals surface area contributed by atoms with Gasteiger partial charge in [0.25, 0.3) is 0 Å². The molecule has 6 nitrogen and oxygen atoms in total. The van der Waals surface area contributed by atoms with Crippen LogP contribution < -0.4 is 9.80 Å². The molecule has 142 valence electrons. The Morgan fingerprint density at radius 3 is 2.85 bits per heavy atom. The first-order valence-corrected chi connectivity index (χ1v) is 9.53. The van der Waals surface area contributed by atoms with Gasteiger partial charge >= 0.3 is 6.09 Å². The van der Waals surface area contributed by atoms with E-state index in [1.807, 2.05) is 31.2 Å². The van der Waals surface area contributed by atoms with Gasteiger partial charge in [-0.2, -0.15) is 5.06 Å². The topological polar surface area (TPSA) is 60.4 Å². The maximum Gasteiger partial charge on any atom is 0.438 e. The van der Waals surface area contributed by atoms with E-state index in [0.717, 1.165) is 32.7 Å². The van der Waals surface area contributed by atoms with E-state index in [1.54, 1.807) is 12.1 Å². The molecule has 0 spiro atoms. The maximum absolute atomic E-state index is 11.9. The van der Waals surface area contributed by atoms with Crippen LogP contribution in [0.4, 0.5) is 16.2 Å². The molecule has 1 amide bonds. The van der Waals surface area contributed by atoms with Crippen molar-refractivity contribution in [1.29, 1.82) is 0 Å². The summed E-state index contributed by atoms with van der Waals surface area (Å²) in [5.74, 6) is 1.35. The van der Waals surface area contributed by atoms with Gasteiger partial charge in [0, 0.05) is 10.8 Å². The number of hydrogen-bond acceptors (Lipinski definition) is 6. The molecular formula is C19H19ClN2O4S. The number of halogens is 1. The van der Waals surface area contributed by atoms with Gasteiger partial charge in [0.05, 0.1) is 19.9 Å². The number of nitrogens with zero attached hydrogens (tertiary/aromatic N) is 2. The van der Waals surface area contributed by atoms with Gasteiger partial charge in [-0.3, -0.25) is 4.84 Å². The molecule has 1 heterocycles. The molecule has 0 atom stereocenters. The van der Waals surface area contributed by atoms with Crippen molar-refractivity contribution in [2.45, 2.75) is 12.7 Å². The van der Waals surface area contributed by atoms with Crippen molar-refractivity contribution in [3.8, 4) is 5.75 Å². The lowest BCUT2D eigenvalue weighted by Gasteiger charge is -2.22. The number of anilines is 1. The summed E-state index contributed by atoms with van der Waals surface area (Å²) in [7, 11) is 2.73. The van der Waals surface area contributed by atoms with Gasteiger partial charge in [-0.05, 0) is 36.2 Å². The molecule has 0 fully saturated rings. The minimum absolute atomic E-state index is 0.396. The fourth-order valence-corrected chi connectivity index (χ4v) is 3.84. The smallest absolute Gasteiger partial charge is 0.438 e. The average molecular weight is 407 g/mol. The number of carbonyl (C=O) groups is 1. The molecule has 2 aromatic carbocycles. The molecule has 0 aliphatic carbocycles. The predicted octanol–water partition coefficient (Wildman–Crippen LogP) is 5.14. The normalized spacial score (nSPS) is 12.7. The highest BCUT2D eigenvalue weighted by molar-refractivity contribution is 8.13. The molecular weight excluding hydrogens is 388 g/mol. The first kappa shape index (κ1) is 19.5. The highest BCUT2D eigenvalue weighted by Gasteiger charge is 2.21. The van der Waals surface area contributed by atoms with Crippen molar-refractivity contribution in [2.75, 3.05) is 25.9 Å². The van der Waals surface area contributed by atoms with E-state index in [4.69, 9.17) is 25.9 Å². The van der Waals surface area contributed by atoms with Gasteiger partial charge < -0.3 is 9.47 Å². The summed E-state index contributed by atoms with van der Waals surface area (Å²) >= 11 is 7.66. The van der Waals surface area contributed by atoms with Gasteiger partial charge in [-0.1, -0.05) is 29.8 Å². The Kier molecular flexibility index (Phi) is 6.26. The minimum atomic E-state index is -0.590. The zero-order valence-corrected chi connectivity index (χ0v) is 16.8. The molecule has 1 aliphatic heterocycles. The van der Waals surface area contributed by atoms with E-state index in [2.05, 4.69) is 4.99 Å². The molecule has 0 radical (unpaired) electrons. The van der Waals surface area contributed by atoms with Gasteiger partial charge in [-0.15, -0.1) is 11.8 Å². The Hall–Kier alpha value is -2.22. The number of carbonyl (C=O) groups excluding carboxylic acids is 1. The van der Waals surface area contributed by atoms with E-state index >= 15 is 0 Å². The van der Waals surface area contributed by atoms with Crippen molar-refractivity contribution < 1.29 is 19.1 Å². The van der Waals surface area contributed by atoms with Crippen molar-refractivity contribution in [2.24, 2.45) is 4.99 Å². The number of methoxy groups -OCH3 is 1. The van der Waals surface area contributed by atoms with Crippen LogP contribution in [0.2, 0.25) is 5.02 Å². The van der Waals surface area contributed by atoms with Gasteiger partial charge in [0.1, 0.15) is 23.1 Å². The largest absolute Gasteiger partial charge is 0.484 e. The Morgan fingerprint density at radius 1 is 1.33 bits per heavy atom. The fraction of sp³-hybridized carbons (Fsp3) is 0.263. The van der Waals surface area contributed by atoms with Crippen LogP contribution in [0.5, 0.6) is 5.75 Å². The van der Waals surface area contributed by atoms with Gasteiger partial charge in [0.15, 0.2) is 0 Å². The Labute approximate surface area is 167 Å². The lowest BCUT2D eigenvalue weighted by atomic mass is 10.2. The lowest BCUT2D eigenvalue weighted by Crippen LogP contribution is -2.30. The van der Waals surface area contributed by atoms with E-state index in [9.17, 15) is 4.79 Å². The summed E-state index contributed by atoms with van der Waals surface area (Å²) in [6, 6.07) is 11.1. The van der Waals surface area contributed by atoms with Crippen molar-refractivity contribution in [3.05, 3.63) is 52.5 Å². The van der Waals surface area contributed by atoms with Crippen LogP contribution in [0, 0.1) is 6.92 Å². The zero-order valence-electron chi connectivity index (χ0n) is 15.2. The summed E-state index contributed by atoms with van der Waals surface area (Å²) in [5.41, 5.74) is 3.22. The lowest BCUT2D eigenvalue weighted by molar-refractivity contribution is 0.115. The minimum Gasteiger partial charge on any atom is -0.484 e. The van der Waals surface area contributed by atoms with E-state index < -0.39 is 6.09 Å². The second kappa shape index (κ2) is 8.65. The molecule has 0 unspecified atom stereocenters. The summed E-state index contributed by atoms with van der Waals surface area (Å²) in [6.07, 6.45) is -0.590. The summed E-state index contributed by atoms with van der Waals surface area (Å²) in [6.45, 7) is 2.34. The van der Waals surface area contributed by atoms with E-state index in [1.165, 1.54) is 26.0 Å². The Bertz CT molecular complexity index is 888. The van der Waals surface area contributed by atoms with Crippen LogP contribution in [0.15, 0.2) is 41.4 Å². The molecule has 2 aromatic rings. The SMILES string of the molecule is COC(=O)N(OC)c1ccccc1CSC1=Nc2cc(Cl)cc(C)c2OC1. The average Bonchev–Trinajstić information content (AvgIpc) is 2.67. The van der Waals surface area contributed by atoms with Crippen LogP contribution in [-0.2, 0) is 15.3 Å². The van der Waals surface area contributed by atoms with Gasteiger partial charge in [-0.25, -0.2) is 9.79 Å². The van der Waals surface area contributed by atoms with Crippen LogP contribution in [0.3, 0.4) is 0 Å². The zero-order chi connectivity index (χ0) is 19.4. The molecule has 0 saturated carbocycles. The Balaban J connectivity index is 1.80. The molecule has 0 aromatic heterocycles. The van der Waals surface area contributed by atoms with E-state index in [-0.39, 0.29) is 0 Å². The number of hydroxylamine groups is 1. The monoisotopic (exact) mass is 406 g/mol. The third-order valence-corrected chi connectivity index (χ3v) is 5.15. The summed E-state index contributed by atoms with van der Waals surface area (Å²) in [4.78, 5) is 21.8. The number of aryl methyl sites for hydroxylation is 1. The summed E-state index contributed by atoms with van der Waals surface area (Å²) < 4.78 is 10.6. The second-order valence-corrected chi connectivity index (χ2v) is 7.21. The number of fused-ring (bicyclic) bond motifs is 1. The van der Waals surface area contributed by atoms with Crippen LogP contribution in [0.25, 0.3) is 0 Å². The first-order chi connectivity index (χ1) is 13.0. The number of ether oxygens (including phenoxy) is 2. The second-order valence-electron chi connectivity index (χ2n) is 5.73. The number of rotatable bonds is 4. The summed E-state index contributed by atoms with van der Waals surface area (Å²) in [5, 5.41) is 2.58. The highest BCUT2D eigenvalue weighted by atomic mass is 35.5.